The molecule has 0 spiro atoms. The lowest BCUT2D eigenvalue weighted by atomic mass is 10.1. The van der Waals surface area contributed by atoms with E-state index in [0.717, 1.165) is 6.42 Å². The van der Waals surface area contributed by atoms with Crippen molar-refractivity contribution in [2.75, 3.05) is 0 Å². The molecule has 0 aliphatic rings. The number of halogens is 1. The molecule has 2 rings (SSSR count). The number of amides is 1. The molecule has 0 saturated heterocycles. The number of hydrogen-bond donors (Lipinski definition) is 1. The molecule has 8 heteroatoms. The topological polar surface area (TPSA) is 93.8 Å². The molecule has 1 amide bonds. The largest absolute Gasteiger partial charge is 0.489 e. The summed E-state index contributed by atoms with van der Waals surface area (Å²) in [5.41, 5.74) is 3.26. The van der Waals surface area contributed by atoms with Gasteiger partial charge in [0.25, 0.3) is 5.69 Å². The molecule has 1 N–H and O–H groups in total. The monoisotopic (exact) mass is 389 g/mol. The molecule has 1 unspecified atom stereocenters. The number of nitrogens with zero attached hydrogens (tertiary/aromatic N) is 2. The van der Waals surface area contributed by atoms with Gasteiger partial charge < -0.3 is 4.74 Å². The van der Waals surface area contributed by atoms with Crippen molar-refractivity contribution >= 4 is 29.4 Å². The average molecular weight is 390 g/mol. The van der Waals surface area contributed by atoms with Crippen molar-refractivity contribution in [1.82, 2.24) is 5.43 Å². The van der Waals surface area contributed by atoms with Gasteiger partial charge in [-0.1, -0.05) is 36.7 Å². The zero-order valence-corrected chi connectivity index (χ0v) is 15.8. The highest BCUT2D eigenvalue weighted by Crippen LogP contribution is 2.26. The molecule has 2 aromatic rings. The van der Waals surface area contributed by atoms with Crippen LogP contribution in [0.2, 0.25) is 5.02 Å². The van der Waals surface area contributed by atoms with Crippen molar-refractivity contribution in [2.24, 2.45) is 5.10 Å². The second kappa shape index (κ2) is 9.68. The molecule has 1 atom stereocenters. The van der Waals surface area contributed by atoms with E-state index < -0.39 is 10.8 Å². The van der Waals surface area contributed by atoms with Crippen LogP contribution in [0.25, 0.3) is 0 Å². The molecular weight excluding hydrogens is 370 g/mol. The molecule has 0 radical (unpaired) electrons. The minimum atomic E-state index is -0.517. The molecular formula is C19H20ClN3O4. The van der Waals surface area contributed by atoms with Crippen molar-refractivity contribution in [3.05, 3.63) is 68.7 Å². The second-order valence-corrected chi connectivity index (χ2v) is 6.29. The minimum absolute atomic E-state index is 0.0587. The third-order valence-corrected chi connectivity index (χ3v) is 4.10. The number of ether oxygens (including phenoxy) is 1. The van der Waals surface area contributed by atoms with Crippen LogP contribution < -0.4 is 10.2 Å². The number of nitro groups is 1. The molecule has 2 aromatic carbocycles. The molecule has 0 heterocycles. The zero-order valence-electron chi connectivity index (χ0n) is 15.0. The molecule has 27 heavy (non-hydrogen) atoms. The molecule has 142 valence electrons. The van der Waals surface area contributed by atoms with E-state index in [2.05, 4.69) is 10.5 Å². The van der Waals surface area contributed by atoms with E-state index in [1.807, 2.05) is 13.8 Å². The van der Waals surface area contributed by atoms with Crippen LogP contribution >= 0.6 is 11.6 Å². The summed E-state index contributed by atoms with van der Waals surface area (Å²) in [6.45, 7) is 3.98. The van der Waals surface area contributed by atoms with Gasteiger partial charge in [-0.3, -0.25) is 14.9 Å². The smallest absolute Gasteiger partial charge is 0.273 e. The Hall–Kier alpha value is -2.93. The van der Waals surface area contributed by atoms with Gasteiger partial charge in [0.1, 0.15) is 5.75 Å². The normalized spacial score (nSPS) is 12.0. The van der Waals surface area contributed by atoms with Crippen LogP contribution in [-0.4, -0.2) is 23.1 Å². The molecule has 0 bridgehead atoms. The van der Waals surface area contributed by atoms with E-state index >= 15 is 0 Å². The Balaban J connectivity index is 1.96. The van der Waals surface area contributed by atoms with Crippen LogP contribution in [0.4, 0.5) is 5.69 Å². The zero-order chi connectivity index (χ0) is 19.8. The number of para-hydroxylation sites is 1. The Bertz CT molecular complexity index is 855. The summed E-state index contributed by atoms with van der Waals surface area (Å²) in [5.74, 6) is 0.131. The van der Waals surface area contributed by atoms with Gasteiger partial charge in [-0.2, -0.15) is 5.10 Å². The first-order valence-electron chi connectivity index (χ1n) is 8.41. The first kappa shape index (κ1) is 20.4. The van der Waals surface area contributed by atoms with Crippen LogP contribution in [0.15, 0.2) is 47.6 Å². The van der Waals surface area contributed by atoms with Crippen LogP contribution in [-0.2, 0) is 11.2 Å². The summed E-state index contributed by atoms with van der Waals surface area (Å²) < 4.78 is 5.69. The summed E-state index contributed by atoms with van der Waals surface area (Å²) in [6, 6.07) is 11.3. The Labute approximate surface area is 162 Å². The highest BCUT2D eigenvalue weighted by atomic mass is 35.5. The van der Waals surface area contributed by atoms with Crippen LogP contribution in [0.1, 0.15) is 31.4 Å². The van der Waals surface area contributed by atoms with E-state index in [-0.39, 0.29) is 18.2 Å². The number of benzene rings is 2. The number of carbonyl (C=O) groups is 1. The third-order valence-electron chi connectivity index (χ3n) is 3.80. The summed E-state index contributed by atoms with van der Waals surface area (Å²) >= 11 is 6.19. The lowest BCUT2D eigenvalue weighted by Crippen LogP contribution is -2.20. The minimum Gasteiger partial charge on any atom is -0.489 e. The molecule has 7 nitrogen and oxygen atoms in total. The van der Waals surface area contributed by atoms with Gasteiger partial charge in [-0.25, -0.2) is 5.43 Å². The fourth-order valence-corrected chi connectivity index (χ4v) is 2.46. The molecule has 0 aliphatic carbocycles. The number of nitrogens with one attached hydrogen (secondary N) is 1. The predicted octanol–water partition coefficient (Wildman–Crippen LogP) is 4.12. The maximum absolute atomic E-state index is 12.0. The quantitative estimate of drug-likeness (QED) is 0.417. The molecule has 0 saturated carbocycles. The molecule has 0 aliphatic heterocycles. The standard InChI is InChI=1S/C19H20ClN3O4/c1-3-13(2)27-18-9-8-14(10-16(18)20)12-21-22-19(24)11-15-6-4-5-7-17(15)23(25)26/h4-10,12-13H,3,11H2,1-2H3,(H,22,24). The highest BCUT2D eigenvalue weighted by molar-refractivity contribution is 6.32. The highest BCUT2D eigenvalue weighted by Gasteiger charge is 2.15. The van der Waals surface area contributed by atoms with Gasteiger partial charge in [0.15, 0.2) is 0 Å². The number of carbonyl (C=O) groups excluding carboxylic acids is 1. The molecule has 0 aromatic heterocycles. The van der Waals surface area contributed by atoms with E-state index in [9.17, 15) is 14.9 Å². The van der Waals surface area contributed by atoms with Crippen LogP contribution in [0.5, 0.6) is 5.75 Å². The van der Waals surface area contributed by atoms with Crippen LogP contribution in [0.3, 0.4) is 0 Å². The van der Waals surface area contributed by atoms with Crippen molar-refractivity contribution < 1.29 is 14.5 Å². The van der Waals surface area contributed by atoms with Crippen molar-refractivity contribution in [1.29, 1.82) is 0 Å². The third kappa shape index (κ3) is 6.07. The van der Waals surface area contributed by atoms with E-state index in [1.165, 1.54) is 18.3 Å². The summed E-state index contributed by atoms with van der Waals surface area (Å²) in [4.78, 5) is 22.4. The second-order valence-electron chi connectivity index (χ2n) is 5.88. The van der Waals surface area contributed by atoms with Gasteiger partial charge in [0.05, 0.1) is 28.7 Å². The van der Waals surface area contributed by atoms with Gasteiger partial charge in [0.2, 0.25) is 5.91 Å². The Morgan fingerprint density at radius 3 is 2.78 bits per heavy atom. The summed E-state index contributed by atoms with van der Waals surface area (Å²) in [6.07, 6.45) is 2.22. The predicted molar refractivity (Wildman–Crippen MR) is 104 cm³/mol. The van der Waals surface area contributed by atoms with E-state index in [0.29, 0.717) is 21.9 Å². The Morgan fingerprint density at radius 2 is 2.11 bits per heavy atom. The number of hydrogen-bond acceptors (Lipinski definition) is 5. The van der Waals surface area contributed by atoms with Gasteiger partial charge in [-0.05, 0) is 37.1 Å². The number of rotatable bonds is 8. The van der Waals surface area contributed by atoms with Crippen LogP contribution in [0, 0.1) is 10.1 Å². The molecule has 0 fully saturated rings. The van der Waals surface area contributed by atoms with Gasteiger partial charge in [0, 0.05) is 11.6 Å². The van der Waals surface area contributed by atoms with E-state index in [1.54, 1.807) is 30.3 Å². The summed E-state index contributed by atoms with van der Waals surface area (Å²) in [5, 5.41) is 15.3. The maximum atomic E-state index is 12.0. The first-order valence-corrected chi connectivity index (χ1v) is 8.79. The maximum Gasteiger partial charge on any atom is 0.273 e. The Kier molecular flexibility index (Phi) is 7.31. The van der Waals surface area contributed by atoms with Crippen molar-refractivity contribution in [3.63, 3.8) is 0 Å². The van der Waals surface area contributed by atoms with Crippen molar-refractivity contribution in [2.45, 2.75) is 32.8 Å². The number of hydrazone groups is 1. The lowest BCUT2D eigenvalue weighted by Gasteiger charge is -2.13. The Morgan fingerprint density at radius 1 is 1.37 bits per heavy atom. The number of nitro benzene ring substituents is 1. The lowest BCUT2D eigenvalue weighted by molar-refractivity contribution is -0.385. The van der Waals surface area contributed by atoms with Crippen molar-refractivity contribution in [3.8, 4) is 5.75 Å². The van der Waals surface area contributed by atoms with E-state index in [4.69, 9.17) is 16.3 Å². The van der Waals surface area contributed by atoms with Gasteiger partial charge >= 0.3 is 0 Å². The fourth-order valence-electron chi connectivity index (χ4n) is 2.22. The SMILES string of the molecule is CCC(C)Oc1ccc(C=NNC(=O)Cc2ccccc2[N+](=O)[O-])cc1Cl. The summed E-state index contributed by atoms with van der Waals surface area (Å²) in [7, 11) is 0. The fraction of sp³-hybridized carbons (Fsp3) is 0.263. The first-order chi connectivity index (χ1) is 12.9. The van der Waals surface area contributed by atoms with Gasteiger partial charge in [-0.15, -0.1) is 0 Å². The average Bonchev–Trinajstić information content (AvgIpc) is 2.64.